The van der Waals surface area contributed by atoms with Crippen molar-refractivity contribution < 1.29 is 14.3 Å². The van der Waals surface area contributed by atoms with Crippen LogP contribution in [0.15, 0.2) is 88.3 Å². The Bertz CT molecular complexity index is 1210. The van der Waals surface area contributed by atoms with E-state index in [0.717, 1.165) is 9.80 Å². The molecule has 5 nitrogen and oxygen atoms in total. The van der Waals surface area contributed by atoms with Crippen molar-refractivity contribution in [2.75, 3.05) is 16.8 Å². The van der Waals surface area contributed by atoms with Gasteiger partial charge in [-0.25, -0.2) is 4.90 Å². The van der Waals surface area contributed by atoms with Gasteiger partial charge in [-0.1, -0.05) is 65.3 Å². The summed E-state index contributed by atoms with van der Waals surface area (Å²) in [5, 5.41) is 3.75. The normalized spacial score (nSPS) is 13.7. The number of imide groups is 1. The van der Waals surface area contributed by atoms with E-state index in [1.54, 1.807) is 24.3 Å². The minimum atomic E-state index is -0.510. The summed E-state index contributed by atoms with van der Waals surface area (Å²) in [7, 11) is 0. The lowest BCUT2D eigenvalue weighted by atomic mass is 10.2. The van der Waals surface area contributed by atoms with Crippen LogP contribution >= 0.6 is 35.0 Å². The van der Waals surface area contributed by atoms with E-state index in [1.807, 2.05) is 49.4 Å². The average molecular weight is 485 g/mol. The van der Waals surface area contributed by atoms with Crippen LogP contribution in [-0.4, -0.2) is 18.4 Å². The van der Waals surface area contributed by atoms with Gasteiger partial charge in [0.05, 0.1) is 23.0 Å². The highest BCUT2D eigenvalue weighted by Gasteiger charge is 2.41. The number of carbonyl (C=O) groups excluding carboxylic acids is 2. The summed E-state index contributed by atoms with van der Waals surface area (Å²) >= 11 is 13.5. The number of nitrogens with one attached hydrogen (secondary N) is 1. The van der Waals surface area contributed by atoms with E-state index in [9.17, 15) is 9.59 Å². The third-order valence-corrected chi connectivity index (χ3v) is 6.23. The number of halogens is 2. The Morgan fingerprint density at radius 1 is 0.938 bits per heavy atom. The number of carbonyl (C=O) groups is 2. The lowest BCUT2D eigenvalue weighted by Gasteiger charge is -2.17. The van der Waals surface area contributed by atoms with Gasteiger partial charge in [-0.15, -0.1) is 0 Å². The van der Waals surface area contributed by atoms with E-state index in [1.165, 1.54) is 17.8 Å². The fourth-order valence-electron chi connectivity index (χ4n) is 3.19. The summed E-state index contributed by atoms with van der Waals surface area (Å²) in [5.41, 5.74) is 1.01. The third kappa shape index (κ3) is 4.48. The molecule has 0 saturated carbocycles. The summed E-state index contributed by atoms with van der Waals surface area (Å²) in [6.07, 6.45) is 0. The molecule has 0 bridgehead atoms. The first-order valence-electron chi connectivity index (χ1n) is 9.79. The fraction of sp³-hybridized carbons (Fsp3) is 0.0833. The maximum Gasteiger partial charge on any atom is 0.283 e. The minimum absolute atomic E-state index is 0.155. The van der Waals surface area contributed by atoms with Crippen LogP contribution < -0.4 is 15.0 Å². The second-order valence-electron chi connectivity index (χ2n) is 6.71. The van der Waals surface area contributed by atoms with Crippen molar-refractivity contribution in [3.8, 4) is 5.75 Å². The van der Waals surface area contributed by atoms with Gasteiger partial charge in [-0.3, -0.25) is 9.59 Å². The first-order chi connectivity index (χ1) is 15.5. The second-order valence-corrected chi connectivity index (χ2v) is 8.64. The molecule has 0 unspecified atom stereocenters. The lowest BCUT2D eigenvalue weighted by Crippen LogP contribution is -2.32. The number of hydrogen-bond donors (Lipinski definition) is 1. The number of amides is 2. The maximum atomic E-state index is 13.5. The van der Waals surface area contributed by atoms with E-state index >= 15 is 0 Å². The van der Waals surface area contributed by atoms with Crippen molar-refractivity contribution in [2.24, 2.45) is 0 Å². The van der Waals surface area contributed by atoms with Crippen molar-refractivity contribution in [1.82, 2.24) is 0 Å². The van der Waals surface area contributed by atoms with Crippen molar-refractivity contribution in [3.05, 3.63) is 93.4 Å². The van der Waals surface area contributed by atoms with E-state index in [2.05, 4.69) is 5.32 Å². The Hall–Kier alpha value is -2.93. The Kier molecular flexibility index (Phi) is 6.74. The van der Waals surface area contributed by atoms with Crippen molar-refractivity contribution in [2.45, 2.75) is 11.8 Å². The summed E-state index contributed by atoms with van der Waals surface area (Å²) in [4.78, 5) is 29.1. The molecule has 1 aliphatic heterocycles. The molecule has 0 spiro atoms. The first-order valence-corrected chi connectivity index (χ1v) is 11.4. The van der Waals surface area contributed by atoms with Gasteiger partial charge in [0.25, 0.3) is 11.8 Å². The van der Waals surface area contributed by atoms with Crippen LogP contribution in [0.5, 0.6) is 5.75 Å². The molecule has 0 aliphatic carbocycles. The summed E-state index contributed by atoms with van der Waals surface area (Å²) in [6, 6.07) is 21.3. The summed E-state index contributed by atoms with van der Waals surface area (Å²) in [5.74, 6) is -0.400. The van der Waals surface area contributed by atoms with Crippen molar-refractivity contribution in [3.63, 3.8) is 0 Å². The minimum Gasteiger partial charge on any atom is -0.492 e. The Morgan fingerprint density at radius 2 is 1.66 bits per heavy atom. The molecule has 0 atom stereocenters. The number of rotatable bonds is 7. The highest BCUT2D eigenvalue weighted by atomic mass is 35.5. The standard InChI is InChI=1S/C24H18Cl2N2O3S/c1-2-31-20-11-7-6-10-18(20)27-21-22(32-16-8-4-3-5-9-16)24(30)28(23(21)29)19-13-12-15(25)14-17(19)26/h3-14,27H,2H2,1H3. The van der Waals surface area contributed by atoms with Gasteiger partial charge in [0.15, 0.2) is 0 Å². The third-order valence-electron chi connectivity index (χ3n) is 4.60. The molecule has 2 amide bonds. The molecule has 0 radical (unpaired) electrons. The SMILES string of the molecule is CCOc1ccccc1NC1=C(Sc2ccccc2)C(=O)N(c2ccc(Cl)cc2Cl)C1=O. The molecule has 3 aromatic rings. The first kappa shape index (κ1) is 22.3. The quantitative estimate of drug-likeness (QED) is 0.394. The Balaban J connectivity index is 1.78. The van der Waals surface area contributed by atoms with Gasteiger partial charge in [0.2, 0.25) is 0 Å². The molecule has 8 heteroatoms. The smallest absolute Gasteiger partial charge is 0.283 e. The monoisotopic (exact) mass is 484 g/mol. The number of para-hydroxylation sites is 2. The molecule has 0 aromatic heterocycles. The predicted molar refractivity (Wildman–Crippen MR) is 130 cm³/mol. The van der Waals surface area contributed by atoms with Gasteiger partial charge >= 0.3 is 0 Å². The fourth-order valence-corrected chi connectivity index (χ4v) is 4.63. The van der Waals surface area contributed by atoms with Crippen LogP contribution in [0.4, 0.5) is 11.4 Å². The number of hydrogen-bond acceptors (Lipinski definition) is 5. The van der Waals surface area contributed by atoms with Crippen LogP contribution in [0, 0.1) is 0 Å². The number of anilines is 2. The van der Waals surface area contributed by atoms with Gasteiger partial charge < -0.3 is 10.1 Å². The molecule has 0 saturated heterocycles. The van der Waals surface area contributed by atoms with Gasteiger partial charge in [0.1, 0.15) is 16.4 Å². The molecule has 1 N–H and O–H groups in total. The van der Waals surface area contributed by atoms with E-state index in [4.69, 9.17) is 27.9 Å². The summed E-state index contributed by atoms with van der Waals surface area (Å²) in [6.45, 7) is 2.34. The molecule has 162 valence electrons. The topological polar surface area (TPSA) is 58.6 Å². The zero-order valence-corrected chi connectivity index (χ0v) is 19.3. The maximum absolute atomic E-state index is 13.5. The molecule has 4 rings (SSSR count). The van der Waals surface area contributed by atoms with Crippen molar-refractivity contribution in [1.29, 1.82) is 0 Å². The summed E-state index contributed by atoms with van der Waals surface area (Å²) < 4.78 is 5.67. The second kappa shape index (κ2) is 9.69. The molecule has 0 fully saturated rings. The van der Waals surface area contributed by atoms with E-state index < -0.39 is 11.8 Å². The zero-order chi connectivity index (χ0) is 22.7. The molecule has 32 heavy (non-hydrogen) atoms. The number of thioether (sulfide) groups is 1. The average Bonchev–Trinajstić information content (AvgIpc) is 3.00. The number of nitrogens with zero attached hydrogens (tertiary/aromatic N) is 1. The van der Waals surface area contributed by atoms with Gasteiger partial charge in [-0.2, -0.15) is 0 Å². The number of benzene rings is 3. The zero-order valence-electron chi connectivity index (χ0n) is 17.0. The lowest BCUT2D eigenvalue weighted by molar-refractivity contribution is -0.120. The van der Waals surface area contributed by atoms with Crippen LogP contribution in [0.2, 0.25) is 10.0 Å². The molecule has 3 aromatic carbocycles. The highest BCUT2D eigenvalue weighted by molar-refractivity contribution is 8.04. The van der Waals surface area contributed by atoms with Crippen LogP contribution in [0.25, 0.3) is 0 Å². The predicted octanol–water partition coefficient (Wildman–Crippen LogP) is 6.38. The molecule has 1 heterocycles. The van der Waals surface area contributed by atoms with Crippen LogP contribution in [-0.2, 0) is 9.59 Å². The van der Waals surface area contributed by atoms with Crippen molar-refractivity contribution >= 4 is 58.2 Å². The van der Waals surface area contributed by atoms with E-state index in [0.29, 0.717) is 23.1 Å². The molecule has 1 aliphatic rings. The highest BCUT2D eigenvalue weighted by Crippen LogP contribution is 2.41. The van der Waals surface area contributed by atoms with Crippen LogP contribution in [0.3, 0.4) is 0 Å². The molecular weight excluding hydrogens is 467 g/mol. The largest absolute Gasteiger partial charge is 0.492 e. The van der Waals surface area contributed by atoms with Crippen LogP contribution in [0.1, 0.15) is 6.92 Å². The number of ether oxygens (including phenoxy) is 1. The van der Waals surface area contributed by atoms with Gasteiger partial charge in [0, 0.05) is 9.92 Å². The Labute approximate surface area is 200 Å². The van der Waals surface area contributed by atoms with E-state index in [-0.39, 0.29) is 21.3 Å². The Morgan fingerprint density at radius 3 is 2.38 bits per heavy atom. The molecular formula is C24H18Cl2N2O3S. The van der Waals surface area contributed by atoms with Gasteiger partial charge in [-0.05, 0) is 49.4 Å².